The SMILES string of the molecule is CC(C)COCCOC(=O)CNC(C)C. The van der Waals surface area contributed by atoms with E-state index in [1.54, 1.807) is 0 Å². The van der Waals surface area contributed by atoms with Crippen molar-refractivity contribution in [2.75, 3.05) is 26.4 Å². The van der Waals surface area contributed by atoms with Crippen LogP contribution in [-0.2, 0) is 14.3 Å². The summed E-state index contributed by atoms with van der Waals surface area (Å²) in [5, 5.41) is 2.99. The lowest BCUT2D eigenvalue weighted by atomic mass is 10.2. The van der Waals surface area contributed by atoms with Gasteiger partial charge in [0.2, 0.25) is 0 Å². The molecule has 0 aliphatic rings. The summed E-state index contributed by atoms with van der Waals surface area (Å²) < 4.78 is 10.2. The molecular formula is C11H23NO3. The topological polar surface area (TPSA) is 47.6 Å². The fourth-order valence-corrected chi connectivity index (χ4v) is 0.872. The van der Waals surface area contributed by atoms with Crippen LogP contribution in [0.15, 0.2) is 0 Å². The molecule has 0 aromatic rings. The second-order valence-corrected chi connectivity index (χ2v) is 4.22. The lowest BCUT2D eigenvalue weighted by Crippen LogP contribution is -2.30. The first-order valence-electron chi connectivity index (χ1n) is 5.49. The number of rotatable bonds is 8. The van der Waals surface area contributed by atoms with Crippen LogP contribution in [0.1, 0.15) is 27.7 Å². The Balaban J connectivity index is 3.24. The number of hydrogen-bond donors (Lipinski definition) is 1. The van der Waals surface area contributed by atoms with Gasteiger partial charge in [-0.1, -0.05) is 27.7 Å². The van der Waals surface area contributed by atoms with E-state index in [9.17, 15) is 4.79 Å². The van der Waals surface area contributed by atoms with Gasteiger partial charge in [0.25, 0.3) is 0 Å². The Hall–Kier alpha value is -0.610. The molecule has 4 nitrogen and oxygen atoms in total. The second kappa shape index (κ2) is 8.68. The van der Waals surface area contributed by atoms with Crippen LogP contribution in [0.3, 0.4) is 0 Å². The van der Waals surface area contributed by atoms with Crippen molar-refractivity contribution in [2.45, 2.75) is 33.7 Å². The molecule has 0 aliphatic carbocycles. The maximum absolute atomic E-state index is 11.1. The lowest BCUT2D eigenvalue weighted by molar-refractivity contribution is -0.144. The standard InChI is InChI=1S/C11H23NO3/c1-9(2)8-14-5-6-15-11(13)7-12-10(3)4/h9-10,12H,5-8H2,1-4H3. The van der Waals surface area contributed by atoms with Gasteiger partial charge in [0.1, 0.15) is 6.61 Å². The summed E-state index contributed by atoms with van der Waals surface area (Å²) in [6.07, 6.45) is 0. The maximum atomic E-state index is 11.1. The first-order valence-corrected chi connectivity index (χ1v) is 5.49. The molecule has 4 heteroatoms. The van der Waals surface area contributed by atoms with Crippen LogP contribution in [0.25, 0.3) is 0 Å². The van der Waals surface area contributed by atoms with E-state index in [-0.39, 0.29) is 12.5 Å². The van der Waals surface area contributed by atoms with Crippen molar-refractivity contribution in [2.24, 2.45) is 5.92 Å². The molecule has 0 heterocycles. The molecule has 1 N–H and O–H groups in total. The van der Waals surface area contributed by atoms with Crippen LogP contribution < -0.4 is 5.32 Å². The van der Waals surface area contributed by atoms with Gasteiger partial charge in [0, 0.05) is 12.6 Å². The van der Waals surface area contributed by atoms with Crippen molar-refractivity contribution in [3.8, 4) is 0 Å². The van der Waals surface area contributed by atoms with E-state index in [4.69, 9.17) is 9.47 Å². The number of carbonyl (C=O) groups is 1. The summed E-state index contributed by atoms with van der Waals surface area (Å²) in [4.78, 5) is 11.1. The molecule has 0 saturated carbocycles. The quantitative estimate of drug-likeness (QED) is 0.490. The summed E-state index contributed by atoms with van der Waals surface area (Å²) in [5.74, 6) is 0.292. The molecule has 15 heavy (non-hydrogen) atoms. The van der Waals surface area contributed by atoms with Crippen molar-refractivity contribution in [1.29, 1.82) is 0 Å². The number of carbonyl (C=O) groups excluding carboxylic acids is 1. The Kier molecular flexibility index (Phi) is 8.33. The molecule has 0 spiro atoms. The molecule has 0 radical (unpaired) electrons. The minimum Gasteiger partial charge on any atom is -0.462 e. The van der Waals surface area contributed by atoms with E-state index < -0.39 is 0 Å². The van der Waals surface area contributed by atoms with Gasteiger partial charge in [-0.3, -0.25) is 4.79 Å². The van der Waals surface area contributed by atoms with Gasteiger partial charge < -0.3 is 14.8 Å². The molecule has 0 unspecified atom stereocenters. The summed E-state index contributed by atoms with van der Waals surface area (Å²) in [6.45, 7) is 9.93. The largest absolute Gasteiger partial charge is 0.462 e. The molecule has 0 atom stereocenters. The van der Waals surface area contributed by atoms with Crippen molar-refractivity contribution in [1.82, 2.24) is 5.32 Å². The number of hydrogen-bond acceptors (Lipinski definition) is 4. The number of nitrogens with one attached hydrogen (secondary N) is 1. The van der Waals surface area contributed by atoms with Crippen molar-refractivity contribution >= 4 is 5.97 Å². The summed E-state index contributed by atoms with van der Waals surface area (Å²) in [7, 11) is 0. The Morgan fingerprint density at radius 2 is 1.87 bits per heavy atom. The fourth-order valence-electron chi connectivity index (χ4n) is 0.872. The molecule has 0 aliphatic heterocycles. The minimum absolute atomic E-state index is 0.225. The summed E-state index contributed by atoms with van der Waals surface area (Å²) in [6, 6.07) is 0.301. The lowest BCUT2D eigenvalue weighted by Gasteiger charge is -2.09. The summed E-state index contributed by atoms with van der Waals surface area (Å²) in [5.41, 5.74) is 0. The van der Waals surface area contributed by atoms with E-state index in [1.165, 1.54) is 0 Å². The van der Waals surface area contributed by atoms with Gasteiger partial charge >= 0.3 is 5.97 Å². The number of ether oxygens (including phenoxy) is 2. The predicted octanol–water partition coefficient (Wildman–Crippen LogP) is 1.20. The second-order valence-electron chi connectivity index (χ2n) is 4.22. The fraction of sp³-hybridized carbons (Fsp3) is 0.909. The minimum atomic E-state index is -0.225. The normalized spacial score (nSPS) is 11.1. The molecule has 0 aromatic carbocycles. The first kappa shape index (κ1) is 14.4. The highest BCUT2D eigenvalue weighted by Crippen LogP contribution is 1.91. The van der Waals surface area contributed by atoms with Crippen LogP contribution in [-0.4, -0.2) is 38.4 Å². The van der Waals surface area contributed by atoms with E-state index in [1.807, 2.05) is 13.8 Å². The Morgan fingerprint density at radius 1 is 1.20 bits per heavy atom. The zero-order valence-corrected chi connectivity index (χ0v) is 10.2. The van der Waals surface area contributed by atoms with E-state index >= 15 is 0 Å². The van der Waals surface area contributed by atoms with Gasteiger partial charge in [-0.25, -0.2) is 0 Å². The smallest absolute Gasteiger partial charge is 0.320 e. The average Bonchev–Trinajstić information content (AvgIpc) is 2.13. The van der Waals surface area contributed by atoms with Crippen molar-refractivity contribution < 1.29 is 14.3 Å². The van der Waals surface area contributed by atoms with Gasteiger partial charge in [-0.05, 0) is 5.92 Å². The van der Waals surface area contributed by atoms with Gasteiger partial charge in [-0.2, -0.15) is 0 Å². The molecular weight excluding hydrogens is 194 g/mol. The molecule has 90 valence electrons. The summed E-state index contributed by atoms with van der Waals surface area (Å²) >= 11 is 0. The van der Waals surface area contributed by atoms with E-state index in [2.05, 4.69) is 19.2 Å². The van der Waals surface area contributed by atoms with E-state index in [0.717, 1.165) is 0 Å². The van der Waals surface area contributed by atoms with Crippen LogP contribution in [0, 0.1) is 5.92 Å². The highest BCUT2D eigenvalue weighted by Gasteiger charge is 2.03. The highest BCUT2D eigenvalue weighted by molar-refractivity contribution is 5.71. The van der Waals surface area contributed by atoms with Gasteiger partial charge in [-0.15, -0.1) is 0 Å². The Labute approximate surface area is 92.3 Å². The predicted molar refractivity (Wildman–Crippen MR) is 59.8 cm³/mol. The third kappa shape index (κ3) is 11.3. The Bertz CT molecular complexity index is 169. The first-order chi connectivity index (χ1) is 7.02. The Morgan fingerprint density at radius 3 is 2.40 bits per heavy atom. The molecule has 0 bridgehead atoms. The zero-order valence-electron chi connectivity index (χ0n) is 10.2. The monoisotopic (exact) mass is 217 g/mol. The zero-order chi connectivity index (χ0) is 11.7. The van der Waals surface area contributed by atoms with Crippen molar-refractivity contribution in [3.63, 3.8) is 0 Å². The van der Waals surface area contributed by atoms with Crippen LogP contribution >= 0.6 is 0 Å². The molecule has 0 saturated heterocycles. The molecule has 0 aromatic heterocycles. The van der Waals surface area contributed by atoms with Crippen molar-refractivity contribution in [3.05, 3.63) is 0 Å². The molecule has 0 amide bonds. The molecule has 0 rings (SSSR count). The van der Waals surface area contributed by atoms with E-state index in [0.29, 0.717) is 31.8 Å². The maximum Gasteiger partial charge on any atom is 0.320 e. The third-order valence-corrected chi connectivity index (χ3v) is 1.60. The van der Waals surface area contributed by atoms with Crippen LogP contribution in [0.4, 0.5) is 0 Å². The number of esters is 1. The van der Waals surface area contributed by atoms with Gasteiger partial charge in [0.15, 0.2) is 0 Å². The van der Waals surface area contributed by atoms with Crippen LogP contribution in [0.2, 0.25) is 0 Å². The van der Waals surface area contributed by atoms with Gasteiger partial charge in [0.05, 0.1) is 13.2 Å². The third-order valence-electron chi connectivity index (χ3n) is 1.60. The average molecular weight is 217 g/mol. The van der Waals surface area contributed by atoms with Crippen LogP contribution in [0.5, 0.6) is 0 Å². The molecule has 0 fully saturated rings. The highest BCUT2D eigenvalue weighted by atomic mass is 16.6.